The largest absolute Gasteiger partial charge is 0.491 e. The summed E-state index contributed by atoms with van der Waals surface area (Å²) in [6.07, 6.45) is 0. The number of rotatable bonds is 0. The number of amides is 1. The highest BCUT2D eigenvalue weighted by Crippen LogP contribution is 2.39. The predicted molar refractivity (Wildman–Crippen MR) is 130 cm³/mol. The molecule has 0 aliphatic carbocycles. The third kappa shape index (κ3) is 4.11. The summed E-state index contributed by atoms with van der Waals surface area (Å²) in [5, 5.41) is 8.20. The fourth-order valence-electron chi connectivity index (χ4n) is 4.44. The van der Waals surface area contributed by atoms with Crippen molar-refractivity contribution in [3.05, 3.63) is 53.1 Å². The van der Waals surface area contributed by atoms with Gasteiger partial charge in [-0.3, -0.25) is 9.52 Å². The van der Waals surface area contributed by atoms with Crippen molar-refractivity contribution in [2.24, 2.45) is 0 Å². The number of aryl methyl sites for hydroxylation is 1. The van der Waals surface area contributed by atoms with E-state index in [4.69, 9.17) is 4.74 Å². The van der Waals surface area contributed by atoms with Crippen molar-refractivity contribution in [3.8, 4) is 17.0 Å². The molecule has 5 rings (SSSR count). The number of carbonyl (C=O) groups is 1. The van der Waals surface area contributed by atoms with E-state index in [1.54, 1.807) is 0 Å². The standard InChI is InChI=1S/C24H29N5O2S/c1-15-3-6-22-23(16(15)2)21-11-17-4-5-18-12-20(17)29(21)13-19(14-31-22)26-9-7-25-8-10-27-32-28-24(18)30/h3-6,11-12,19,25-27H,7-10,13-14H2,1-2H3,(H,28,30). The fourth-order valence-corrected chi connectivity index (χ4v) is 4.92. The van der Waals surface area contributed by atoms with Gasteiger partial charge in [-0.1, -0.05) is 12.1 Å². The molecule has 168 valence electrons. The highest BCUT2D eigenvalue weighted by molar-refractivity contribution is 7.96. The zero-order valence-electron chi connectivity index (χ0n) is 18.5. The first-order valence-electron chi connectivity index (χ1n) is 11.1. The van der Waals surface area contributed by atoms with Crippen LogP contribution in [0.3, 0.4) is 0 Å². The molecule has 1 atom stereocenters. The Bertz CT molecular complexity index is 1160. The molecule has 2 aliphatic rings. The molecule has 3 heterocycles. The van der Waals surface area contributed by atoms with Crippen LogP contribution in [0.2, 0.25) is 0 Å². The second-order valence-corrected chi connectivity index (χ2v) is 9.13. The normalized spacial score (nSPS) is 19.8. The summed E-state index contributed by atoms with van der Waals surface area (Å²) in [5.74, 6) is 0.813. The second-order valence-electron chi connectivity index (χ2n) is 8.43. The first kappa shape index (κ1) is 21.3. The monoisotopic (exact) mass is 451 g/mol. The maximum atomic E-state index is 12.7. The number of hydrogen-bond acceptors (Lipinski definition) is 6. The zero-order chi connectivity index (χ0) is 22.1. The molecule has 2 aliphatic heterocycles. The SMILES string of the molecule is Cc1ccc2c(c1C)-c1cc3ccc4cc3n1CC(CO2)NCCNCCNSNC4=O. The summed E-state index contributed by atoms with van der Waals surface area (Å²) in [6.45, 7) is 8.97. The first-order chi connectivity index (χ1) is 15.6. The lowest BCUT2D eigenvalue weighted by molar-refractivity contribution is 0.0984. The van der Waals surface area contributed by atoms with Gasteiger partial charge in [0.05, 0.1) is 11.7 Å². The molecule has 32 heavy (non-hydrogen) atoms. The molecule has 0 saturated carbocycles. The Balaban J connectivity index is 1.66. The summed E-state index contributed by atoms with van der Waals surface area (Å²) < 4.78 is 14.7. The van der Waals surface area contributed by atoms with Crippen LogP contribution in [0.25, 0.3) is 22.2 Å². The Morgan fingerprint density at radius 3 is 2.84 bits per heavy atom. The van der Waals surface area contributed by atoms with Crippen LogP contribution >= 0.6 is 12.1 Å². The molecule has 4 bridgehead atoms. The summed E-state index contributed by atoms with van der Waals surface area (Å²) >= 11 is 1.23. The number of benzene rings is 2. The van der Waals surface area contributed by atoms with Crippen LogP contribution in [0.15, 0.2) is 36.4 Å². The molecule has 2 aromatic carbocycles. The van der Waals surface area contributed by atoms with Crippen LogP contribution in [0.5, 0.6) is 5.75 Å². The van der Waals surface area contributed by atoms with E-state index < -0.39 is 0 Å². The van der Waals surface area contributed by atoms with Crippen LogP contribution < -0.4 is 24.8 Å². The average Bonchev–Trinajstić information content (AvgIpc) is 3.12. The number of aromatic nitrogens is 1. The topological polar surface area (TPSA) is 79.3 Å². The summed E-state index contributed by atoms with van der Waals surface area (Å²) in [4.78, 5) is 12.7. The molecule has 1 unspecified atom stereocenters. The Labute approximate surface area is 192 Å². The van der Waals surface area contributed by atoms with Crippen LogP contribution in [-0.2, 0) is 6.54 Å². The van der Waals surface area contributed by atoms with Crippen molar-refractivity contribution >= 4 is 28.9 Å². The van der Waals surface area contributed by atoms with Crippen molar-refractivity contribution in [1.29, 1.82) is 0 Å². The minimum Gasteiger partial charge on any atom is -0.491 e. The van der Waals surface area contributed by atoms with Crippen molar-refractivity contribution in [1.82, 2.24) is 24.6 Å². The van der Waals surface area contributed by atoms with E-state index in [0.29, 0.717) is 12.2 Å². The maximum Gasteiger partial charge on any atom is 0.262 e. The van der Waals surface area contributed by atoms with Gasteiger partial charge >= 0.3 is 0 Å². The van der Waals surface area contributed by atoms with Gasteiger partial charge in [0.15, 0.2) is 0 Å². The molecule has 1 aromatic heterocycles. The van der Waals surface area contributed by atoms with Crippen molar-refractivity contribution in [2.75, 3.05) is 32.8 Å². The lowest BCUT2D eigenvalue weighted by Gasteiger charge is -2.27. The lowest BCUT2D eigenvalue weighted by atomic mass is 9.99. The van der Waals surface area contributed by atoms with Crippen LogP contribution in [0, 0.1) is 13.8 Å². The van der Waals surface area contributed by atoms with Gasteiger partial charge in [0.1, 0.15) is 12.4 Å². The Morgan fingerprint density at radius 2 is 1.94 bits per heavy atom. The van der Waals surface area contributed by atoms with Gasteiger partial charge in [-0.05, 0) is 49.2 Å². The van der Waals surface area contributed by atoms with E-state index >= 15 is 0 Å². The molecule has 0 saturated heterocycles. The van der Waals surface area contributed by atoms with Gasteiger partial charge in [0.25, 0.3) is 5.91 Å². The first-order valence-corrected chi connectivity index (χ1v) is 11.9. The van der Waals surface area contributed by atoms with E-state index in [1.807, 2.05) is 18.2 Å². The molecule has 0 radical (unpaired) electrons. The lowest BCUT2D eigenvalue weighted by Crippen LogP contribution is -2.43. The highest BCUT2D eigenvalue weighted by Gasteiger charge is 2.24. The van der Waals surface area contributed by atoms with Gasteiger partial charge in [-0.15, -0.1) is 0 Å². The van der Waals surface area contributed by atoms with E-state index in [9.17, 15) is 4.79 Å². The predicted octanol–water partition coefficient (Wildman–Crippen LogP) is 2.76. The third-order valence-electron chi connectivity index (χ3n) is 6.32. The Morgan fingerprint density at radius 1 is 1.06 bits per heavy atom. The van der Waals surface area contributed by atoms with E-state index in [0.717, 1.165) is 60.6 Å². The molecule has 7 nitrogen and oxygen atoms in total. The van der Waals surface area contributed by atoms with E-state index in [2.05, 4.69) is 56.7 Å². The van der Waals surface area contributed by atoms with E-state index in [-0.39, 0.29) is 11.9 Å². The van der Waals surface area contributed by atoms with E-state index in [1.165, 1.54) is 23.3 Å². The van der Waals surface area contributed by atoms with Gasteiger partial charge in [0.2, 0.25) is 0 Å². The van der Waals surface area contributed by atoms with Crippen molar-refractivity contribution in [3.63, 3.8) is 0 Å². The third-order valence-corrected chi connectivity index (χ3v) is 6.95. The van der Waals surface area contributed by atoms with Crippen molar-refractivity contribution < 1.29 is 9.53 Å². The molecular weight excluding hydrogens is 422 g/mol. The van der Waals surface area contributed by atoms with Crippen molar-refractivity contribution in [2.45, 2.75) is 26.4 Å². The zero-order valence-corrected chi connectivity index (χ0v) is 19.3. The number of nitrogens with one attached hydrogen (secondary N) is 4. The number of carbonyl (C=O) groups excluding carboxylic acids is 1. The van der Waals surface area contributed by atoms with Crippen LogP contribution in [-0.4, -0.2) is 49.3 Å². The number of fused-ring (bicyclic) bond motifs is 4. The molecule has 3 aromatic rings. The van der Waals surface area contributed by atoms with Gasteiger partial charge < -0.3 is 19.9 Å². The minimum absolute atomic E-state index is 0.101. The quantitative estimate of drug-likeness (QED) is 0.394. The summed E-state index contributed by atoms with van der Waals surface area (Å²) in [5.41, 5.74) is 6.46. The molecule has 0 fully saturated rings. The fraction of sp³-hybridized carbons (Fsp3) is 0.375. The highest BCUT2D eigenvalue weighted by atomic mass is 32.2. The minimum atomic E-state index is -0.101. The smallest absolute Gasteiger partial charge is 0.262 e. The summed E-state index contributed by atoms with van der Waals surface area (Å²) in [7, 11) is 0. The van der Waals surface area contributed by atoms with Gasteiger partial charge in [-0.2, -0.15) is 0 Å². The van der Waals surface area contributed by atoms with Gasteiger partial charge in [0, 0.05) is 66.9 Å². The molecule has 8 heteroatoms. The molecule has 1 amide bonds. The average molecular weight is 452 g/mol. The van der Waals surface area contributed by atoms with Crippen LogP contribution in [0.1, 0.15) is 21.5 Å². The Kier molecular flexibility index (Phi) is 6.10. The van der Waals surface area contributed by atoms with Crippen LogP contribution in [0.4, 0.5) is 0 Å². The Hall–Kier alpha value is -2.52. The molecular formula is C24H29N5O2S. The number of hydrogen-bond donors (Lipinski definition) is 4. The summed E-state index contributed by atoms with van der Waals surface area (Å²) in [6, 6.07) is 12.5. The second kappa shape index (κ2) is 9.15. The molecule has 4 N–H and O–H groups in total. The molecule has 0 spiro atoms. The maximum absolute atomic E-state index is 12.7. The van der Waals surface area contributed by atoms with Gasteiger partial charge in [-0.25, -0.2) is 4.72 Å². The number of ether oxygens (including phenoxy) is 1. The number of nitrogens with zero attached hydrogens (tertiary/aromatic N) is 1.